The molecule has 1 N–H and O–H groups in total. The second-order valence-electron chi connectivity index (χ2n) is 5.33. The van der Waals surface area contributed by atoms with E-state index < -0.39 is 0 Å². The topological polar surface area (TPSA) is 34.0 Å². The van der Waals surface area contributed by atoms with Gasteiger partial charge in [0, 0.05) is 41.3 Å². The number of amides is 1. The standard InChI is InChI=1S/C18H16BrFN2O/c19-15-5-6-16(20)14(11-15)12-21-18(23)8-10-22-9-7-13-3-1-2-4-17(13)22/h1-7,9,11H,8,10,12H2,(H,21,23). The minimum Gasteiger partial charge on any atom is -0.352 e. The van der Waals surface area contributed by atoms with Crippen molar-refractivity contribution in [3.05, 3.63) is 70.6 Å². The van der Waals surface area contributed by atoms with Gasteiger partial charge in [0.25, 0.3) is 0 Å². The monoisotopic (exact) mass is 374 g/mol. The number of hydrogen-bond acceptors (Lipinski definition) is 1. The number of carbonyl (C=O) groups excluding carboxylic acids is 1. The number of para-hydroxylation sites is 1. The van der Waals surface area contributed by atoms with E-state index in [1.807, 2.05) is 36.5 Å². The lowest BCUT2D eigenvalue weighted by molar-refractivity contribution is -0.121. The summed E-state index contributed by atoms with van der Waals surface area (Å²) in [4.78, 5) is 12.0. The Bertz CT molecular complexity index is 844. The lowest BCUT2D eigenvalue weighted by atomic mass is 10.2. The zero-order chi connectivity index (χ0) is 16.2. The minimum atomic E-state index is -0.315. The van der Waals surface area contributed by atoms with Gasteiger partial charge in [-0.25, -0.2) is 4.39 Å². The SMILES string of the molecule is O=C(CCn1ccc2ccccc21)NCc1cc(Br)ccc1F. The van der Waals surface area contributed by atoms with Gasteiger partial charge in [0.05, 0.1) is 0 Å². The number of nitrogens with zero attached hydrogens (tertiary/aromatic N) is 1. The van der Waals surface area contributed by atoms with Gasteiger partial charge in [-0.3, -0.25) is 4.79 Å². The number of benzene rings is 2. The van der Waals surface area contributed by atoms with Crippen LogP contribution in [0.5, 0.6) is 0 Å². The number of aryl methyl sites for hydroxylation is 1. The lowest BCUT2D eigenvalue weighted by Gasteiger charge is -2.08. The Morgan fingerprint density at radius 1 is 1.17 bits per heavy atom. The molecule has 1 aromatic heterocycles. The number of fused-ring (bicyclic) bond motifs is 1. The van der Waals surface area contributed by atoms with Crippen LogP contribution in [0, 0.1) is 5.82 Å². The maximum Gasteiger partial charge on any atom is 0.222 e. The summed E-state index contributed by atoms with van der Waals surface area (Å²) in [7, 11) is 0. The van der Waals surface area contributed by atoms with E-state index in [1.165, 1.54) is 6.07 Å². The Balaban J connectivity index is 1.56. The average molecular weight is 375 g/mol. The highest BCUT2D eigenvalue weighted by Gasteiger charge is 2.07. The predicted octanol–water partition coefficient (Wildman–Crippen LogP) is 4.25. The van der Waals surface area contributed by atoms with E-state index in [0.29, 0.717) is 18.5 Å². The molecule has 0 fully saturated rings. The lowest BCUT2D eigenvalue weighted by Crippen LogP contribution is -2.24. The van der Waals surface area contributed by atoms with Crippen molar-refractivity contribution in [1.82, 2.24) is 9.88 Å². The molecule has 0 atom stereocenters. The molecule has 2 aromatic carbocycles. The Labute approximate surface area is 142 Å². The van der Waals surface area contributed by atoms with Crippen LogP contribution in [0.1, 0.15) is 12.0 Å². The van der Waals surface area contributed by atoms with E-state index in [2.05, 4.69) is 25.8 Å². The predicted molar refractivity (Wildman–Crippen MR) is 92.5 cm³/mol. The van der Waals surface area contributed by atoms with E-state index in [-0.39, 0.29) is 18.3 Å². The van der Waals surface area contributed by atoms with Gasteiger partial charge >= 0.3 is 0 Å². The fourth-order valence-corrected chi connectivity index (χ4v) is 2.93. The maximum atomic E-state index is 13.6. The van der Waals surface area contributed by atoms with Crippen molar-refractivity contribution < 1.29 is 9.18 Å². The maximum absolute atomic E-state index is 13.6. The normalized spacial score (nSPS) is 10.9. The molecule has 0 saturated heterocycles. The largest absolute Gasteiger partial charge is 0.352 e. The van der Waals surface area contributed by atoms with Gasteiger partial charge in [0.15, 0.2) is 0 Å². The van der Waals surface area contributed by atoms with Crippen LogP contribution in [0.25, 0.3) is 10.9 Å². The first kappa shape index (κ1) is 15.7. The highest BCUT2D eigenvalue weighted by atomic mass is 79.9. The highest BCUT2D eigenvalue weighted by Crippen LogP contribution is 2.16. The third-order valence-corrected chi connectivity index (χ3v) is 4.24. The number of halogens is 2. The molecule has 0 radical (unpaired) electrons. The van der Waals surface area contributed by atoms with E-state index in [0.717, 1.165) is 15.4 Å². The van der Waals surface area contributed by atoms with Crippen molar-refractivity contribution in [2.45, 2.75) is 19.5 Å². The van der Waals surface area contributed by atoms with Crippen LogP contribution in [-0.4, -0.2) is 10.5 Å². The zero-order valence-corrected chi connectivity index (χ0v) is 14.0. The molecule has 3 nitrogen and oxygen atoms in total. The first-order chi connectivity index (χ1) is 11.1. The Kier molecular flexibility index (Phi) is 4.76. The van der Waals surface area contributed by atoms with E-state index >= 15 is 0 Å². The summed E-state index contributed by atoms with van der Waals surface area (Å²) in [6.45, 7) is 0.789. The van der Waals surface area contributed by atoms with Crippen LogP contribution >= 0.6 is 15.9 Å². The number of hydrogen-bond donors (Lipinski definition) is 1. The van der Waals surface area contributed by atoms with Crippen molar-refractivity contribution in [3.8, 4) is 0 Å². The molecule has 3 aromatic rings. The van der Waals surface area contributed by atoms with E-state index in [9.17, 15) is 9.18 Å². The minimum absolute atomic E-state index is 0.0952. The molecule has 0 aliphatic rings. The molecular formula is C18H16BrFN2O. The summed E-state index contributed by atoms with van der Waals surface area (Å²) in [6, 6.07) is 14.8. The van der Waals surface area contributed by atoms with E-state index in [4.69, 9.17) is 0 Å². The summed E-state index contributed by atoms with van der Waals surface area (Å²) in [5.74, 6) is -0.410. The van der Waals surface area contributed by atoms with Crippen molar-refractivity contribution in [1.29, 1.82) is 0 Å². The molecule has 0 aliphatic carbocycles. The van der Waals surface area contributed by atoms with Crippen LogP contribution in [0.3, 0.4) is 0 Å². The van der Waals surface area contributed by atoms with Crippen LogP contribution < -0.4 is 5.32 Å². The van der Waals surface area contributed by atoms with Crippen molar-refractivity contribution in [3.63, 3.8) is 0 Å². The first-order valence-electron chi connectivity index (χ1n) is 7.38. The Morgan fingerprint density at radius 2 is 2.00 bits per heavy atom. The van der Waals surface area contributed by atoms with Crippen molar-refractivity contribution in [2.24, 2.45) is 0 Å². The van der Waals surface area contributed by atoms with Gasteiger partial charge in [-0.15, -0.1) is 0 Å². The number of carbonyl (C=O) groups is 1. The van der Waals surface area contributed by atoms with Crippen LogP contribution in [0.2, 0.25) is 0 Å². The van der Waals surface area contributed by atoms with Gasteiger partial charge < -0.3 is 9.88 Å². The molecule has 118 valence electrons. The molecule has 0 aliphatic heterocycles. The summed E-state index contributed by atoms with van der Waals surface area (Å²) < 4.78 is 16.5. The second-order valence-corrected chi connectivity index (χ2v) is 6.25. The van der Waals surface area contributed by atoms with Gasteiger partial charge in [-0.2, -0.15) is 0 Å². The molecule has 3 rings (SSSR count). The average Bonchev–Trinajstić information content (AvgIpc) is 2.97. The summed E-state index contributed by atoms with van der Waals surface area (Å²) in [6.07, 6.45) is 2.33. The third-order valence-electron chi connectivity index (χ3n) is 3.74. The number of aromatic nitrogens is 1. The molecular weight excluding hydrogens is 359 g/mol. The smallest absolute Gasteiger partial charge is 0.222 e. The van der Waals surface area contributed by atoms with E-state index in [1.54, 1.807) is 12.1 Å². The van der Waals surface area contributed by atoms with Gasteiger partial charge in [-0.05, 0) is 35.7 Å². The molecule has 1 amide bonds. The van der Waals surface area contributed by atoms with Gasteiger partial charge in [0.2, 0.25) is 5.91 Å². The van der Waals surface area contributed by atoms with Crippen LogP contribution in [0.15, 0.2) is 59.2 Å². The van der Waals surface area contributed by atoms with Crippen LogP contribution in [0.4, 0.5) is 4.39 Å². The fraction of sp³-hybridized carbons (Fsp3) is 0.167. The fourth-order valence-electron chi connectivity index (χ4n) is 2.52. The molecule has 1 heterocycles. The number of nitrogens with one attached hydrogen (secondary N) is 1. The first-order valence-corrected chi connectivity index (χ1v) is 8.17. The van der Waals surface area contributed by atoms with Crippen molar-refractivity contribution in [2.75, 3.05) is 0 Å². The molecule has 23 heavy (non-hydrogen) atoms. The zero-order valence-electron chi connectivity index (χ0n) is 12.4. The molecule has 0 bridgehead atoms. The molecule has 0 saturated carbocycles. The third kappa shape index (κ3) is 3.79. The summed E-state index contributed by atoms with van der Waals surface area (Å²) in [5.41, 5.74) is 1.58. The molecule has 0 spiro atoms. The number of rotatable bonds is 5. The van der Waals surface area contributed by atoms with Gasteiger partial charge in [-0.1, -0.05) is 34.1 Å². The summed E-state index contributed by atoms with van der Waals surface area (Å²) >= 11 is 3.30. The molecule has 0 unspecified atom stereocenters. The van der Waals surface area contributed by atoms with Gasteiger partial charge in [0.1, 0.15) is 5.82 Å². The van der Waals surface area contributed by atoms with Crippen LogP contribution in [-0.2, 0) is 17.9 Å². The quantitative estimate of drug-likeness (QED) is 0.711. The van der Waals surface area contributed by atoms with Crippen molar-refractivity contribution >= 4 is 32.7 Å². The molecule has 5 heteroatoms. The second kappa shape index (κ2) is 6.96. The highest BCUT2D eigenvalue weighted by molar-refractivity contribution is 9.10. The Hall–Kier alpha value is -2.14. The summed E-state index contributed by atoms with van der Waals surface area (Å²) in [5, 5.41) is 3.92. The Morgan fingerprint density at radius 3 is 2.87 bits per heavy atom.